The van der Waals surface area contributed by atoms with Crippen LogP contribution >= 0.6 is 0 Å². The van der Waals surface area contributed by atoms with E-state index in [9.17, 15) is 34.2 Å². The quantitative estimate of drug-likeness (QED) is 0.0335. The number of esters is 3. The van der Waals surface area contributed by atoms with E-state index >= 15 is 0 Å². The topological polar surface area (TPSA) is 170 Å². The van der Waals surface area contributed by atoms with Crippen molar-refractivity contribution in [3.63, 3.8) is 0 Å². The molecule has 115 heavy (non-hydrogen) atoms. The highest BCUT2D eigenvalue weighted by Crippen LogP contribution is 2.39. The molecule has 0 bridgehead atoms. The molecule has 5 unspecified atom stereocenters. The lowest BCUT2D eigenvalue weighted by molar-refractivity contribution is -0.152. The number of ether oxygens (including phenoxy) is 3. The molecule has 0 aromatic carbocycles. The lowest BCUT2D eigenvalue weighted by atomic mass is 9.74. The molecule has 0 radical (unpaired) electrons. The first-order chi connectivity index (χ1) is 56.1. The number of carbonyl (C=O) groups excluding carboxylic acids is 3. The molecule has 5 atom stereocenters. The van der Waals surface area contributed by atoms with Gasteiger partial charge in [0.15, 0.2) is 0 Å². The van der Waals surface area contributed by atoms with Crippen LogP contribution in [0.15, 0.2) is 0 Å². The fourth-order valence-electron chi connectivity index (χ4n) is 17.8. The maximum atomic E-state index is 14.3. The third kappa shape index (κ3) is 58.7. The van der Waals surface area contributed by atoms with Crippen molar-refractivity contribution in [1.82, 2.24) is 24.5 Å². The normalized spacial score (nSPS) is 14.9. The molecule has 15 heteroatoms. The maximum Gasteiger partial charge on any atom is 0.309 e. The predicted molar refractivity (Wildman–Crippen MR) is 489 cm³/mol. The lowest BCUT2D eigenvalue weighted by Crippen LogP contribution is -2.51. The van der Waals surface area contributed by atoms with Crippen LogP contribution in [0.3, 0.4) is 0 Å². The highest BCUT2D eigenvalue weighted by molar-refractivity contribution is 5.75. The molecule has 0 saturated carbocycles. The highest BCUT2D eigenvalue weighted by Gasteiger charge is 2.40. The van der Waals surface area contributed by atoms with Crippen LogP contribution in [0.4, 0.5) is 0 Å². The van der Waals surface area contributed by atoms with Crippen LogP contribution in [0, 0.1) is 28.6 Å². The van der Waals surface area contributed by atoms with Crippen molar-refractivity contribution in [2.24, 2.45) is 28.6 Å². The zero-order chi connectivity index (χ0) is 84.2. The van der Waals surface area contributed by atoms with E-state index in [4.69, 9.17) is 14.2 Å². The summed E-state index contributed by atoms with van der Waals surface area (Å²) >= 11 is 0. The van der Waals surface area contributed by atoms with Gasteiger partial charge >= 0.3 is 29.8 Å². The molecule has 15 nitrogen and oxygen atoms in total. The smallest absolute Gasteiger partial charge is 0.309 e. The first kappa shape index (κ1) is 110. The molecule has 0 aromatic heterocycles. The number of unbranched alkanes of at least 4 members (excludes halogenated alkanes) is 40. The number of carbonyl (C=O) groups is 5. The van der Waals surface area contributed by atoms with Crippen LogP contribution in [0.5, 0.6) is 0 Å². The van der Waals surface area contributed by atoms with Gasteiger partial charge in [-0.1, -0.05) is 390 Å². The van der Waals surface area contributed by atoms with Crippen LogP contribution < -0.4 is 0 Å². The van der Waals surface area contributed by atoms with Crippen molar-refractivity contribution in [3.05, 3.63) is 0 Å². The Bertz CT molecular complexity index is 2100. The Morgan fingerprint density at radius 3 is 0.678 bits per heavy atom. The van der Waals surface area contributed by atoms with Gasteiger partial charge in [0.25, 0.3) is 0 Å². The molecular formula is C100H195N5O10. The molecule has 1 fully saturated rings. The van der Waals surface area contributed by atoms with Crippen molar-refractivity contribution < 1.29 is 48.4 Å². The molecule has 1 aliphatic rings. The third-order valence-electron chi connectivity index (χ3n) is 26.3. The number of hydrogen-bond donors (Lipinski definition) is 2. The Labute approximate surface area is 712 Å². The first-order valence-electron chi connectivity index (χ1n) is 50.7. The SMILES string of the molecule is CCCCCCCCC(CCCCCC)C(=O)OCCN(CCOC(=O)C(CCCCCC)CCCCCCCC)CCN(CCOC(=O)C(CCCCCC)CCCCCCCC)CCN1CCN(CCN(CCC(CCCCCC)(CCCCCCCC)C(=O)O)CCC(CCCCCC)(CCCCCCCC)C(=O)O)CC1. The summed E-state index contributed by atoms with van der Waals surface area (Å²) in [6.07, 6.45) is 66.4. The van der Waals surface area contributed by atoms with E-state index in [1.165, 1.54) is 135 Å². The number of aliphatic carboxylic acids is 2. The summed E-state index contributed by atoms with van der Waals surface area (Å²) in [5.74, 6) is -1.71. The van der Waals surface area contributed by atoms with E-state index in [1.807, 2.05) is 0 Å². The average Bonchev–Trinajstić information content (AvgIpc) is 0.825. The Balaban J connectivity index is 3.78. The summed E-state index contributed by atoms with van der Waals surface area (Å²) in [5.41, 5.74) is -1.59. The first-order valence-corrected chi connectivity index (χ1v) is 50.7. The van der Waals surface area contributed by atoms with Gasteiger partial charge in [-0.05, 0) is 90.1 Å². The molecular weight excluding hydrogens is 1430 g/mol. The summed E-state index contributed by atoms with van der Waals surface area (Å²) in [5, 5.41) is 22.7. The number of rotatable bonds is 89. The third-order valence-corrected chi connectivity index (χ3v) is 26.3. The summed E-state index contributed by atoms with van der Waals surface area (Å²) in [6.45, 7) is 34.7. The molecule has 1 aliphatic heterocycles. The van der Waals surface area contributed by atoms with Gasteiger partial charge < -0.3 is 29.3 Å². The second-order valence-electron chi connectivity index (χ2n) is 36.3. The molecule has 1 saturated heterocycles. The fourth-order valence-corrected chi connectivity index (χ4v) is 17.8. The van der Waals surface area contributed by atoms with Gasteiger partial charge in [-0.15, -0.1) is 0 Å². The van der Waals surface area contributed by atoms with Crippen molar-refractivity contribution in [3.8, 4) is 0 Å². The van der Waals surface area contributed by atoms with E-state index in [0.717, 1.165) is 277 Å². The van der Waals surface area contributed by atoms with Gasteiger partial charge in [-0.2, -0.15) is 0 Å². The van der Waals surface area contributed by atoms with E-state index in [0.29, 0.717) is 90.9 Å². The average molecular weight is 1630 g/mol. The zero-order valence-corrected chi connectivity index (χ0v) is 78.2. The monoisotopic (exact) mass is 1630 g/mol. The van der Waals surface area contributed by atoms with Crippen LogP contribution in [-0.2, 0) is 38.2 Å². The Morgan fingerprint density at radius 1 is 0.252 bits per heavy atom. The van der Waals surface area contributed by atoms with Gasteiger partial charge in [-0.25, -0.2) is 0 Å². The van der Waals surface area contributed by atoms with E-state index < -0.39 is 22.8 Å². The number of carboxylic acids is 2. The maximum absolute atomic E-state index is 14.3. The number of nitrogens with zero attached hydrogens (tertiary/aromatic N) is 5. The van der Waals surface area contributed by atoms with E-state index in [-0.39, 0.29) is 48.9 Å². The minimum absolute atomic E-state index is 0.0427. The summed E-state index contributed by atoms with van der Waals surface area (Å²) < 4.78 is 19.0. The van der Waals surface area contributed by atoms with E-state index in [1.54, 1.807) is 0 Å². The predicted octanol–water partition coefficient (Wildman–Crippen LogP) is 26.5. The second kappa shape index (κ2) is 78.4. The number of piperazine rings is 1. The van der Waals surface area contributed by atoms with Crippen molar-refractivity contribution >= 4 is 29.8 Å². The lowest BCUT2D eigenvalue weighted by Gasteiger charge is -2.38. The van der Waals surface area contributed by atoms with Crippen LogP contribution in [0.2, 0.25) is 0 Å². The second-order valence-corrected chi connectivity index (χ2v) is 36.3. The minimum atomic E-state index is -0.793. The van der Waals surface area contributed by atoms with E-state index in [2.05, 4.69) is 93.7 Å². The molecule has 2 N–H and O–H groups in total. The number of carboxylic acid groups (broad SMARTS) is 2. The van der Waals surface area contributed by atoms with Crippen molar-refractivity contribution in [1.29, 1.82) is 0 Å². The standard InChI is InChI=1S/C100H195N5O10/c1-11-21-31-41-46-54-64-91(61-51-36-26-16-6)94(106)113-88-85-104(83-84-105(86-89-114-95(107)92(62-52-37-27-17-7)65-55-47-42-32-22-12-2)87-90-115-96(108)93(63-53-38-28-18-8)66-56-48-43-33-23-13-3)82-81-103-79-77-102(78-80-103)76-75-101(73-71-99(97(109)110,67-57-39-29-19-9)69-59-49-44-34-24-14-4)74-72-100(98(111)112,68-58-40-30-20-10)70-60-50-45-35-25-15-5/h91-93H,11-90H2,1-10H3,(H,109,110)(H,111,112). The Kier molecular flexibility index (Phi) is 75.1. The van der Waals surface area contributed by atoms with Crippen molar-refractivity contribution in [2.45, 2.75) is 467 Å². The van der Waals surface area contributed by atoms with Crippen LogP contribution in [0.25, 0.3) is 0 Å². The molecule has 0 aliphatic carbocycles. The van der Waals surface area contributed by atoms with Crippen LogP contribution in [-0.4, -0.2) is 183 Å². The Hall–Kier alpha value is -2.85. The Morgan fingerprint density at radius 2 is 0.443 bits per heavy atom. The molecule has 1 heterocycles. The minimum Gasteiger partial charge on any atom is -0.481 e. The summed E-state index contributed by atoms with van der Waals surface area (Å²) in [4.78, 5) is 82.8. The zero-order valence-electron chi connectivity index (χ0n) is 78.2. The molecule has 1 rings (SSSR count). The molecule has 0 spiro atoms. The van der Waals surface area contributed by atoms with Crippen LogP contribution in [0.1, 0.15) is 467 Å². The van der Waals surface area contributed by atoms with Gasteiger partial charge in [-0.3, -0.25) is 43.6 Å². The highest BCUT2D eigenvalue weighted by atomic mass is 16.5. The van der Waals surface area contributed by atoms with Gasteiger partial charge in [0, 0.05) is 85.1 Å². The summed E-state index contributed by atoms with van der Waals surface area (Å²) in [6, 6.07) is 0. The van der Waals surface area contributed by atoms with Gasteiger partial charge in [0.1, 0.15) is 19.8 Å². The largest absolute Gasteiger partial charge is 0.481 e. The van der Waals surface area contributed by atoms with Crippen molar-refractivity contribution in [2.75, 3.05) is 118 Å². The molecule has 0 aromatic rings. The van der Waals surface area contributed by atoms with Gasteiger partial charge in [0.2, 0.25) is 0 Å². The summed E-state index contributed by atoms with van der Waals surface area (Å²) in [7, 11) is 0. The molecule has 0 amide bonds. The fraction of sp³-hybridized carbons (Fsp3) is 0.950. The molecule has 680 valence electrons. The van der Waals surface area contributed by atoms with Gasteiger partial charge in [0.05, 0.1) is 28.6 Å². The number of hydrogen-bond acceptors (Lipinski definition) is 13.